The molecule has 1 heterocycles. The maximum Gasteiger partial charge on any atom is 0.320 e. The van der Waals surface area contributed by atoms with E-state index in [0.717, 1.165) is 16.8 Å². The third-order valence-electron chi connectivity index (χ3n) is 3.16. The normalized spacial score (nSPS) is 12.0. The van der Waals surface area contributed by atoms with Gasteiger partial charge in [-0.15, -0.1) is 0 Å². The van der Waals surface area contributed by atoms with E-state index >= 15 is 0 Å². The molecule has 21 heavy (non-hydrogen) atoms. The highest BCUT2D eigenvalue weighted by Crippen LogP contribution is 2.13. The number of nitrogens with zero attached hydrogens (tertiary/aromatic N) is 2. The molecule has 6 heteroatoms. The van der Waals surface area contributed by atoms with E-state index in [-0.39, 0.29) is 12.6 Å². The van der Waals surface area contributed by atoms with Crippen molar-refractivity contribution in [2.24, 2.45) is 7.05 Å². The van der Waals surface area contributed by atoms with E-state index in [4.69, 9.17) is 0 Å². The summed E-state index contributed by atoms with van der Waals surface area (Å²) in [6, 6.07) is 8.96. The molecule has 0 aliphatic rings. The van der Waals surface area contributed by atoms with Crippen LogP contribution in [0.4, 0.5) is 10.6 Å². The van der Waals surface area contributed by atoms with Crippen LogP contribution in [0.3, 0.4) is 0 Å². The number of nitrogens with one attached hydrogen (secondary N) is 2. The van der Waals surface area contributed by atoms with Crippen LogP contribution < -0.4 is 10.6 Å². The minimum absolute atomic E-state index is 0.145. The largest absolute Gasteiger partial charge is 0.387 e. The molecule has 0 bridgehead atoms. The van der Waals surface area contributed by atoms with Crippen molar-refractivity contribution in [2.75, 3.05) is 11.9 Å². The summed E-state index contributed by atoms with van der Waals surface area (Å²) in [5, 5.41) is 19.5. The third kappa shape index (κ3) is 4.06. The summed E-state index contributed by atoms with van der Waals surface area (Å²) in [6.07, 6.45) is -0.732. The minimum atomic E-state index is -0.732. The number of carbonyl (C=O) groups excluding carboxylic acids is 1. The van der Waals surface area contributed by atoms with Gasteiger partial charge in [0, 0.05) is 19.7 Å². The summed E-state index contributed by atoms with van der Waals surface area (Å²) in [6.45, 7) is 3.98. The second-order valence-corrected chi connectivity index (χ2v) is 5.06. The average Bonchev–Trinajstić information content (AvgIpc) is 2.75. The standard InChI is InChI=1S/C15H20N4O2/c1-10-4-6-12(7-5-10)13(20)9-16-15(21)17-14-8-11(2)18-19(14)3/h4-8,13,20H,9H2,1-3H3,(H2,16,17,21)/t13-/m1/s1. The number of urea groups is 1. The first-order chi connectivity index (χ1) is 9.95. The molecule has 0 unspecified atom stereocenters. The molecule has 112 valence electrons. The number of hydrogen-bond donors (Lipinski definition) is 3. The van der Waals surface area contributed by atoms with E-state index in [1.807, 2.05) is 38.1 Å². The van der Waals surface area contributed by atoms with Crippen LogP contribution in [0.2, 0.25) is 0 Å². The fourth-order valence-electron chi connectivity index (χ4n) is 1.98. The number of rotatable bonds is 4. The first-order valence-corrected chi connectivity index (χ1v) is 6.76. The second kappa shape index (κ2) is 6.41. The van der Waals surface area contributed by atoms with E-state index in [9.17, 15) is 9.90 Å². The first kappa shape index (κ1) is 15.1. The monoisotopic (exact) mass is 288 g/mol. The maximum atomic E-state index is 11.8. The van der Waals surface area contributed by atoms with E-state index < -0.39 is 6.10 Å². The fourth-order valence-corrected chi connectivity index (χ4v) is 1.98. The summed E-state index contributed by atoms with van der Waals surface area (Å²) in [5.74, 6) is 0.606. The fraction of sp³-hybridized carbons (Fsp3) is 0.333. The van der Waals surface area contributed by atoms with Gasteiger partial charge in [0.1, 0.15) is 5.82 Å². The second-order valence-electron chi connectivity index (χ2n) is 5.06. The summed E-state index contributed by atoms with van der Waals surface area (Å²) in [7, 11) is 1.75. The summed E-state index contributed by atoms with van der Waals surface area (Å²) in [4.78, 5) is 11.8. The van der Waals surface area contributed by atoms with Crippen LogP contribution >= 0.6 is 0 Å². The average molecular weight is 288 g/mol. The maximum absolute atomic E-state index is 11.8. The zero-order valence-electron chi connectivity index (χ0n) is 12.4. The summed E-state index contributed by atoms with van der Waals surface area (Å²) >= 11 is 0. The van der Waals surface area contributed by atoms with E-state index in [1.165, 1.54) is 0 Å². The van der Waals surface area contributed by atoms with Gasteiger partial charge in [-0.2, -0.15) is 5.10 Å². The summed E-state index contributed by atoms with van der Waals surface area (Å²) in [5.41, 5.74) is 2.73. The van der Waals surface area contributed by atoms with Crippen molar-refractivity contribution < 1.29 is 9.90 Å². The van der Waals surface area contributed by atoms with Gasteiger partial charge in [-0.1, -0.05) is 29.8 Å². The molecule has 2 amide bonds. The lowest BCUT2D eigenvalue weighted by Crippen LogP contribution is -2.33. The van der Waals surface area contributed by atoms with Gasteiger partial charge < -0.3 is 10.4 Å². The molecule has 1 aromatic heterocycles. The molecule has 0 fully saturated rings. The number of benzene rings is 1. The van der Waals surface area contributed by atoms with E-state index in [2.05, 4.69) is 15.7 Å². The number of anilines is 1. The van der Waals surface area contributed by atoms with Crippen molar-refractivity contribution >= 4 is 11.8 Å². The van der Waals surface area contributed by atoms with Gasteiger partial charge in [-0.25, -0.2) is 4.79 Å². The molecule has 2 aromatic rings. The molecule has 1 atom stereocenters. The summed E-state index contributed by atoms with van der Waals surface area (Å²) < 4.78 is 1.59. The number of aliphatic hydroxyl groups is 1. The van der Waals surface area contributed by atoms with Crippen LogP contribution in [0.15, 0.2) is 30.3 Å². The van der Waals surface area contributed by atoms with Crippen LogP contribution in [-0.4, -0.2) is 27.5 Å². The Morgan fingerprint density at radius 1 is 1.33 bits per heavy atom. The highest BCUT2D eigenvalue weighted by atomic mass is 16.3. The van der Waals surface area contributed by atoms with Crippen molar-refractivity contribution in [1.29, 1.82) is 0 Å². The molecular formula is C15H20N4O2. The highest BCUT2D eigenvalue weighted by molar-refractivity contribution is 5.88. The van der Waals surface area contributed by atoms with Gasteiger partial charge in [0.15, 0.2) is 0 Å². The van der Waals surface area contributed by atoms with Crippen LogP contribution in [0, 0.1) is 13.8 Å². The van der Waals surface area contributed by atoms with Crippen molar-refractivity contribution in [3.8, 4) is 0 Å². The Morgan fingerprint density at radius 3 is 2.57 bits per heavy atom. The Balaban J connectivity index is 1.86. The number of aryl methyl sites for hydroxylation is 3. The predicted molar refractivity (Wildman–Crippen MR) is 81.1 cm³/mol. The van der Waals surface area contributed by atoms with Crippen molar-refractivity contribution in [3.63, 3.8) is 0 Å². The Kier molecular flexibility index (Phi) is 4.59. The molecule has 0 aliphatic heterocycles. The number of carbonyl (C=O) groups is 1. The van der Waals surface area contributed by atoms with Gasteiger partial charge in [0.25, 0.3) is 0 Å². The lowest BCUT2D eigenvalue weighted by Gasteiger charge is -2.13. The van der Waals surface area contributed by atoms with Crippen molar-refractivity contribution in [2.45, 2.75) is 20.0 Å². The van der Waals surface area contributed by atoms with E-state index in [0.29, 0.717) is 5.82 Å². The minimum Gasteiger partial charge on any atom is -0.387 e. The molecular weight excluding hydrogens is 268 g/mol. The van der Waals surface area contributed by atoms with Crippen LogP contribution in [0.5, 0.6) is 0 Å². The molecule has 0 aliphatic carbocycles. The topological polar surface area (TPSA) is 79.2 Å². The number of hydrogen-bond acceptors (Lipinski definition) is 3. The molecule has 1 aromatic carbocycles. The van der Waals surface area contributed by atoms with Crippen LogP contribution in [0.25, 0.3) is 0 Å². The molecule has 0 saturated heterocycles. The lowest BCUT2D eigenvalue weighted by molar-refractivity contribution is 0.175. The molecule has 0 saturated carbocycles. The van der Waals surface area contributed by atoms with Gasteiger partial charge in [-0.05, 0) is 19.4 Å². The van der Waals surface area contributed by atoms with Gasteiger partial charge in [-0.3, -0.25) is 10.00 Å². The molecule has 2 rings (SSSR count). The van der Waals surface area contributed by atoms with Crippen LogP contribution in [-0.2, 0) is 7.05 Å². The molecule has 6 nitrogen and oxygen atoms in total. The van der Waals surface area contributed by atoms with E-state index in [1.54, 1.807) is 17.8 Å². The highest BCUT2D eigenvalue weighted by Gasteiger charge is 2.10. The SMILES string of the molecule is Cc1ccc([C@H](O)CNC(=O)Nc2cc(C)nn2C)cc1. The Labute approximate surface area is 123 Å². The van der Waals surface area contributed by atoms with Crippen molar-refractivity contribution in [3.05, 3.63) is 47.2 Å². The third-order valence-corrected chi connectivity index (χ3v) is 3.16. The number of aromatic nitrogens is 2. The number of aliphatic hydroxyl groups excluding tert-OH is 1. The Bertz CT molecular complexity index is 619. The van der Waals surface area contributed by atoms with Crippen LogP contribution in [0.1, 0.15) is 22.9 Å². The van der Waals surface area contributed by atoms with Gasteiger partial charge >= 0.3 is 6.03 Å². The number of amides is 2. The first-order valence-electron chi connectivity index (χ1n) is 6.76. The zero-order chi connectivity index (χ0) is 15.4. The van der Waals surface area contributed by atoms with Crippen molar-refractivity contribution in [1.82, 2.24) is 15.1 Å². The van der Waals surface area contributed by atoms with Gasteiger partial charge in [0.05, 0.1) is 11.8 Å². The Morgan fingerprint density at radius 2 is 2.00 bits per heavy atom. The van der Waals surface area contributed by atoms with Gasteiger partial charge in [0.2, 0.25) is 0 Å². The Hall–Kier alpha value is -2.34. The molecule has 0 radical (unpaired) electrons. The quantitative estimate of drug-likeness (QED) is 0.804. The predicted octanol–water partition coefficient (Wildman–Crippen LogP) is 1.89. The zero-order valence-corrected chi connectivity index (χ0v) is 12.4. The molecule has 3 N–H and O–H groups in total. The smallest absolute Gasteiger partial charge is 0.320 e. The lowest BCUT2D eigenvalue weighted by atomic mass is 10.1. The molecule has 0 spiro atoms.